The van der Waals surface area contributed by atoms with Gasteiger partial charge in [0.15, 0.2) is 0 Å². The Morgan fingerprint density at radius 1 is 1.29 bits per heavy atom. The molecule has 0 saturated heterocycles. The van der Waals surface area contributed by atoms with Crippen molar-refractivity contribution in [2.45, 2.75) is 37.7 Å². The van der Waals surface area contributed by atoms with Crippen molar-refractivity contribution < 1.29 is 9.90 Å². The number of amides is 1. The molecule has 1 aromatic heterocycles. The van der Waals surface area contributed by atoms with Crippen LogP contribution in [-0.4, -0.2) is 26.2 Å². The predicted octanol–water partition coefficient (Wildman–Crippen LogP) is 2.51. The zero-order chi connectivity index (χ0) is 14.7. The van der Waals surface area contributed by atoms with Crippen LogP contribution in [0.5, 0.6) is 0 Å². The van der Waals surface area contributed by atoms with E-state index in [1.165, 1.54) is 0 Å². The molecular formula is C16H19N3O2. The van der Waals surface area contributed by atoms with Crippen LogP contribution in [0.15, 0.2) is 43.0 Å². The van der Waals surface area contributed by atoms with E-state index in [2.05, 4.69) is 10.3 Å². The molecule has 0 bridgehead atoms. The summed E-state index contributed by atoms with van der Waals surface area (Å²) >= 11 is 0. The quantitative estimate of drug-likeness (QED) is 0.907. The summed E-state index contributed by atoms with van der Waals surface area (Å²) in [6.07, 6.45) is 8.94. The van der Waals surface area contributed by atoms with Crippen LogP contribution in [0.2, 0.25) is 0 Å². The van der Waals surface area contributed by atoms with Crippen molar-refractivity contribution in [2.75, 3.05) is 5.32 Å². The highest BCUT2D eigenvalue weighted by Gasteiger charge is 2.33. The molecule has 1 aliphatic rings. The number of nitrogens with one attached hydrogen (secondary N) is 1. The standard InChI is InChI=1S/C16H19N3O2/c20-15(11-16(21)7-1-2-8-16)18-13-3-5-14(6-4-13)19-10-9-17-12-19/h3-6,9-10,12,21H,1-2,7-8,11H2,(H,18,20). The maximum Gasteiger partial charge on any atom is 0.227 e. The van der Waals surface area contributed by atoms with E-state index in [0.29, 0.717) is 0 Å². The molecule has 110 valence electrons. The second-order valence-corrected chi connectivity index (χ2v) is 5.67. The molecule has 1 aliphatic carbocycles. The van der Waals surface area contributed by atoms with Gasteiger partial charge in [-0.2, -0.15) is 0 Å². The summed E-state index contributed by atoms with van der Waals surface area (Å²) in [7, 11) is 0. The highest BCUT2D eigenvalue weighted by atomic mass is 16.3. The van der Waals surface area contributed by atoms with Crippen LogP contribution in [0.3, 0.4) is 0 Å². The summed E-state index contributed by atoms with van der Waals surface area (Å²) in [4.78, 5) is 16.0. The number of hydrogen-bond acceptors (Lipinski definition) is 3. The van der Waals surface area contributed by atoms with Gasteiger partial charge < -0.3 is 15.0 Å². The van der Waals surface area contributed by atoms with Crippen LogP contribution in [0.4, 0.5) is 5.69 Å². The van der Waals surface area contributed by atoms with Gasteiger partial charge in [0.05, 0.1) is 18.3 Å². The van der Waals surface area contributed by atoms with E-state index in [4.69, 9.17) is 0 Å². The average molecular weight is 285 g/mol. The molecule has 1 amide bonds. The highest BCUT2D eigenvalue weighted by Crippen LogP contribution is 2.32. The average Bonchev–Trinajstić information content (AvgIpc) is 3.11. The molecule has 0 spiro atoms. The molecule has 5 heteroatoms. The zero-order valence-electron chi connectivity index (χ0n) is 11.8. The number of carbonyl (C=O) groups excluding carboxylic acids is 1. The molecule has 2 aromatic rings. The third-order valence-corrected chi connectivity index (χ3v) is 3.98. The molecule has 0 unspecified atom stereocenters. The largest absolute Gasteiger partial charge is 0.389 e. The molecule has 3 rings (SSSR count). The number of aromatic nitrogens is 2. The fourth-order valence-electron chi connectivity index (χ4n) is 2.84. The van der Waals surface area contributed by atoms with Crippen LogP contribution < -0.4 is 5.32 Å². The van der Waals surface area contributed by atoms with Crippen molar-refractivity contribution in [1.82, 2.24) is 9.55 Å². The van der Waals surface area contributed by atoms with Crippen molar-refractivity contribution in [1.29, 1.82) is 0 Å². The molecule has 1 fully saturated rings. The van der Waals surface area contributed by atoms with Gasteiger partial charge in [-0.1, -0.05) is 12.8 Å². The van der Waals surface area contributed by atoms with E-state index >= 15 is 0 Å². The minimum atomic E-state index is -0.805. The SMILES string of the molecule is O=C(CC1(O)CCCC1)Nc1ccc(-n2ccnc2)cc1. The van der Waals surface area contributed by atoms with Gasteiger partial charge in [-0.3, -0.25) is 4.79 Å². The van der Waals surface area contributed by atoms with Crippen molar-refractivity contribution in [3.63, 3.8) is 0 Å². The van der Waals surface area contributed by atoms with Crippen molar-refractivity contribution in [3.8, 4) is 5.69 Å². The van der Waals surface area contributed by atoms with Crippen LogP contribution in [0.1, 0.15) is 32.1 Å². The van der Waals surface area contributed by atoms with Gasteiger partial charge in [-0.15, -0.1) is 0 Å². The van der Waals surface area contributed by atoms with Gasteiger partial charge in [0.25, 0.3) is 0 Å². The first-order chi connectivity index (χ1) is 10.1. The maximum absolute atomic E-state index is 12.0. The second-order valence-electron chi connectivity index (χ2n) is 5.67. The van der Waals surface area contributed by atoms with Crippen LogP contribution in [0, 0.1) is 0 Å². The summed E-state index contributed by atoms with van der Waals surface area (Å²) in [5, 5.41) is 13.1. The Morgan fingerprint density at radius 3 is 2.62 bits per heavy atom. The first kappa shape index (κ1) is 13.8. The normalized spacial score (nSPS) is 16.8. The van der Waals surface area contributed by atoms with Crippen LogP contribution in [-0.2, 0) is 4.79 Å². The van der Waals surface area contributed by atoms with E-state index in [9.17, 15) is 9.90 Å². The number of anilines is 1. The van der Waals surface area contributed by atoms with Crippen molar-refractivity contribution in [2.24, 2.45) is 0 Å². The van der Waals surface area contributed by atoms with Gasteiger partial charge in [0.1, 0.15) is 0 Å². The molecule has 5 nitrogen and oxygen atoms in total. The number of nitrogens with zero attached hydrogens (tertiary/aromatic N) is 2. The number of imidazole rings is 1. The molecule has 0 aliphatic heterocycles. The van der Waals surface area contributed by atoms with Crippen LogP contribution >= 0.6 is 0 Å². The van der Waals surface area contributed by atoms with E-state index in [1.54, 1.807) is 12.5 Å². The molecule has 0 atom stereocenters. The molecule has 1 aromatic carbocycles. The molecule has 2 N–H and O–H groups in total. The minimum Gasteiger partial charge on any atom is -0.389 e. The van der Waals surface area contributed by atoms with E-state index in [-0.39, 0.29) is 12.3 Å². The number of carbonyl (C=O) groups is 1. The van der Waals surface area contributed by atoms with Crippen molar-refractivity contribution >= 4 is 11.6 Å². The lowest BCUT2D eigenvalue weighted by Crippen LogP contribution is -2.30. The maximum atomic E-state index is 12.0. The van der Waals surface area contributed by atoms with Gasteiger partial charge in [-0.05, 0) is 37.1 Å². The van der Waals surface area contributed by atoms with Gasteiger partial charge in [0, 0.05) is 23.8 Å². The molecule has 1 heterocycles. The Balaban J connectivity index is 1.61. The fourth-order valence-corrected chi connectivity index (χ4v) is 2.84. The Kier molecular flexibility index (Phi) is 3.75. The topological polar surface area (TPSA) is 67.2 Å². The zero-order valence-corrected chi connectivity index (χ0v) is 11.8. The number of benzene rings is 1. The lowest BCUT2D eigenvalue weighted by molar-refractivity contribution is -0.120. The van der Waals surface area contributed by atoms with Crippen molar-refractivity contribution in [3.05, 3.63) is 43.0 Å². The summed E-state index contributed by atoms with van der Waals surface area (Å²) in [5.74, 6) is -0.130. The van der Waals surface area contributed by atoms with E-state index in [1.807, 2.05) is 35.0 Å². The predicted molar refractivity (Wildman–Crippen MR) is 80.2 cm³/mol. The van der Waals surface area contributed by atoms with E-state index in [0.717, 1.165) is 37.1 Å². The Labute approximate surface area is 123 Å². The second kappa shape index (κ2) is 5.69. The molecule has 21 heavy (non-hydrogen) atoms. The van der Waals surface area contributed by atoms with Crippen LogP contribution in [0.25, 0.3) is 5.69 Å². The summed E-state index contributed by atoms with van der Waals surface area (Å²) in [5.41, 5.74) is 0.922. The summed E-state index contributed by atoms with van der Waals surface area (Å²) in [6, 6.07) is 7.54. The Morgan fingerprint density at radius 2 is 2.00 bits per heavy atom. The summed E-state index contributed by atoms with van der Waals surface area (Å²) < 4.78 is 1.90. The first-order valence-electron chi connectivity index (χ1n) is 7.25. The lowest BCUT2D eigenvalue weighted by Gasteiger charge is -2.21. The first-order valence-corrected chi connectivity index (χ1v) is 7.25. The van der Waals surface area contributed by atoms with Gasteiger partial charge in [-0.25, -0.2) is 4.98 Å². The molecule has 1 saturated carbocycles. The third kappa shape index (κ3) is 3.31. The number of aliphatic hydroxyl groups is 1. The Bertz CT molecular complexity index is 599. The lowest BCUT2D eigenvalue weighted by atomic mass is 9.97. The van der Waals surface area contributed by atoms with Gasteiger partial charge in [0.2, 0.25) is 5.91 Å². The number of rotatable bonds is 4. The number of hydrogen-bond donors (Lipinski definition) is 2. The molecule has 0 radical (unpaired) electrons. The smallest absolute Gasteiger partial charge is 0.227 e. The fraction of sp³-hybridized carbons (Fsp3) is 0.375. The Hall–Kier alpha value is -2.14. The monoisotopic (exact) mass is 285 g/mol. The molecular weight excluding hydrogens is 266 g/mol. The third-order valence-electron chi connectivity index (χ3n) is 3.98. The van der Waals surface area contributed by atoms with E-state index < -0.39 is 5.60 Å². The highest BCUT2D eigenvalue weighted by molar-refractivity contribution is 5.91. The minimum absolute atomic E-state index is 0.130. The van der Waals surface area contributed by atoms with Gasteiger partial charge >= 0.3 is 0 Å². The summed E-state index contributed by atoms with van der Waals surface area (Å²) in [6.45, 7) is 0.